The molecule has 1 aromatic carbocycles. The van der Waals surface area contributed by atoms with E-state index in [0.717, 1.165) is 36.7 Å². The van der Waals surface area contributed by atoms with E-state index in [1.54, 1.807) is 0 Å². The first kappa shape index (κ1) is 16.1. The van der Waals surface area contributed by atoms with Crippen LogP contribution in [0.4, 0.5) is 0 Å². The molecule has 1 N–H and O–H groups in total. The first-order valence-electron chi connectivity index (χ1n) is 9.00. The highest BCUT2D eigenvalue weighted by molar-refractivity contribution is 5.62. The number of nitrogens with zero attached hydrogens (tertiary/aromatic N) is 3. The van der Waals surface area contributed by atoms with Gasteiger partial charge in [-0.2, -0.15) is 5.10 Å². The molecule has 0 bridgehead atoms. The molecule has 0 amide bonds. The lowest BCUT2D eigenvalue weighted by Crippen LogP contribution is -2.22. The third kappa shape index (κ3) is 3.24. The van der Waals surface area contributed by atoms with Crippen molar-refractivity contribution in [1.82, 2.24) is 20.3 Å². The van der Waals surface area contributed by atoms with Crippen LogP contribution >= 0.6 is 0 Å². The summed E-state index contributed by atoms with van der Waals surface area (Å²) < 4.78 is 5.66. The van der Waals surface area contributed by atoms with E-state index in [-0.39, 0.29) is 0 Å². The van der Waals surface area contributed by atoms with E-state index in [2.05, 4.69) is 64.4 Å². The third-order valence-electron chi connectivity index (χ3n) is 4.98. The molecule has 1 atom stereocenters. The smallest absolute Gasteiger partial charge is 0.154 e. The quantitative estimate of drug-likeness (QED) is 0.744. The van der Waals surface area contributed by atoms with Crippen molar-refractivity contribution in [2.75, 3.05) is 6.54 Å². The predicted octanol–water partition coefficient (Wildman–Crippen LogP) is 4.53. The minimum atomic E-state index is 0.304. The van der Waals surface area contributed by atoms with Crippen LogP contribution in [0, 0.1) is 0 Å². The number of hydrogen-bond acceptors (Lipinski definition) is 4. The Balaban J connectivity index is 1.55. The van der Waals surface area contributed by atoms with Crippen molar-refractivity contribution in [3.05, 3.63) is 59.6 Å². The number of likely N-dealkylation sites (tertiary alicyclic amines) is 1. The number of hydrogen-bond donors (Lipinski definition) is 1. The van der Waals surface area contributed by atoms with Gasteiger partial charge in [-0.3, -0.25) is 10.00 Å². The van der Waals surface area contributed by atoms with Gasteiger partial charge in [0.1, 0.15) is 0 Å². The van der Waals surface area contributed by atoms with Gasteiger partial charge in [-0.25, -0.2) is 0 Å². The van der Waals surface area contributed by atoms with Crippen LogP contribution in [-0.4, -0.2) is 26.8 Å². The fourth-order valence-corrected chi connectivity index (χ4v) is 3.58. The van der Waals surface area contributed by atoms with E-state index < -0.39 is 0 Å². The highest BCUT2D eigenvalue weighted by Crippen LogP contribution is 2.35. The lowest BCUT2D eigenvalue weighted by Gasteiger charge is -2.22. The maximum Gasteiger partial charge on any atom is 0.154 e. The Hall–Kier alpha value is -2.40. The third-order valence-corrected chi connectivity index (χ3v) is 4.98. The van der Waals surface area contributed by atoms with Gasteiger partial charge in [0.05, 0.1) is 23.6 Å². The van der Waals surface area contributed by atoms with Crippen LogP contribution in [0.1, 0.15) is 55.7 Å². The van der Waals surface area contributed by atoms with Gasteiger partial charge in [0, 0.05) is 18.2 Å². The van der Waals surface area contributed by atoms with Gasteiger partial charge in [-0.1, -0.05) is 49.3 Å². The van der Waals surface area contributed by atoms with Crippen molar-refractivity contribution in [3.8, 4) is 11.3 Å². The Morgan fingerprint density at radius 2 is 2.12 bits per heavy atom. The van der Waals surface area contributed by atoms with E-state index in [4.69, 9.17) is 4.52 Å². The number of aromatic nitrogens is 3. The zero-order valence-electron chi connectivity index (χ0n) is 14.8. The van der Waals surface area contributed by atoms with Crippen LogP contribution in [0.2, 0.25) is 0 Å². The molecule has 25 heavy (non-hydrogen) atoms. The Kier molecular flexibility index (Phi) is 4.40. The molecule has 1 fully saturated rings. The summed E-state index contributed by atoms with van der Waals surface area (Å²) in [6.07, 6.45) is 4.24. The van der Waals surface area contributed by atoms with E-state index >= 15 is 0 Å². The molecule has 130 valence electrons. The van der Waals surface area contributed by atoms with Crippen molar-refractivity contribution in [3.63, 3.8) is 0 Å². The molecule has 3 aromatic rings. The molecular formula is C20H24N4O. The molecule has 1 unspecified atom stereocenters. The zero-order chi connectivity index (χ0) is 17.2. The summed E-state index contributed by atoms with van der Waals surface area (Å²) >= 11 is 0. The van der Waals surface area contributed by atoms with E-state index in [9.17, 15) is 0 Å². The van der Waals surface area contributed by atoms with Crippen LogP contribution in [0.5, 0.6) is 0 Å². The standard InChI is InChI=1S/C20H24N4O/c1-14(2)17-11-19(25-23-17)18-9-6-10-24(18)13-16-12-21-22-20(16)15-7-4-3-5-8-15/h3-5,7-8,11-12,14,18H,6,9-10,13H2,1-2H3,(H,21,22). The monoisotopic (exact) mass is 336 g/mol. The fourth-order valence-electron chi connectivity index (χ4n) is 3.58. The number of benzene rings is 1. The SMILES string of the molecule is CC(C)c1cc(C2CCCN2Cc2cn[nH]c2-c2ccccc2)on1. The van der Waals surface area contributed by atoms with E-state index in [0.29, 0.717) is 12.0 Å². The molecular weight excluding hydrogens is 312 g/mol. The minimum Gasteiger partial charge on any atom is -0.359 e. The molecule has 1 aliphatic heterocycles. The molecule has 0 spiro atoms. The maximum atomic E-state index is 5.66. The average Bonchev–Trinajstić information content (AvgIpc) is 3.36. The van der Waals surface area contributed by atoms with Gasteiger partial charge in [0.25, 0.3) is 0 Å². The Labute approximate surface area is 148 Å². The van der Waals surface area contributed by atoms with Crippen LogP contribution in [-0.2, 0) is 6.54 Å². The molecule has 0 aliphatic carbocycles. The second kappa shape index (κ2) is 6.84. The number of rotatable bonds is 5. The summed E-state index contributed by atoms with van der Waals surface area (Å²) in [6.45, 7) is 6.22. The number of aromatic amines is 1. The lowest BCUT2D eigenvalue weighted by molar-refractivity contribution is 0.206. The van der Waals surface area contributed by atoms with Crippen molar-refractivity contribution in [2.24, 2.45) is 0 Å². The highest BCUT2D eigenvalue weighted by Gasteiger charge is 2.30. The topological polar surface area (TPSA) is 58.0 Å². The van der Waals surface area contributed by atoms with Gasteiger partial charge in [0.2, 0.25) is 0 Å². The van der Waals surface area contributed by atoms with Crippen LogP contribution < -0.4 is 0 Å². The van der Waals surface area contributed by atoms with Crippen molar-refractivity contribution >= 4 is 0 Å². The van der Waals surface area contributed by atoms with Gasteiger partial charge in [-0.05, 0) is 30.9 Å². The summed E-state index contributed by atoms with van der Waals surface area (Å²) in [7, 11) is 0. The normalized spacial score (nSPS) is 18.3. The van der Waals surface area contributed by atoms with Crippen molar-refractivity contribution < 1.29 is 4.52 Å². The van der Waals surface area contributed by atoms with Crippen molar-refractivity contribution in [1.29, 1.82) is 0 Å². The second-order valence-electron chi connectivity index (χ2n) is 7.07. The summed E-state index contributed by atoms with van der Waals surface area (Å²) in [5, 5.41) is 11.7. The molecule has 4 rings (SSSR count). The van der Waals surface area contributed by atoms with Crippen LogP contribution in [0.3, 0.4) is 0 Å². The molecule has 0 saturated carbocycles. The molecule has 0 radical (unpaired) electrons. The van der Waals surface area contributed by atoms with Gasteiger partial charge in [0.15, 0.2) is 5.76 Å². The molecule has 5 heteroatoms. The number of nitrogens with one attached hydrogen (secondary N) is 1. The van der Waals surface area contributed by atoms with Gasteiger partial charge in [-0.15, -0.1) is 0 Å². The van der Waals surface area contributed by atoms with E-state index in [1.165, 1.54) is 17.5 Å². The van der Waals surface area contributed by atoms with Gasteiger partial charge >= 0.3 is 0 Å². The number of H-pyrrole nitrogens is 1. The summed E-state index contributed by atoms with van der Waals surface area (Å²) in [5.41, 5.74) is 4.54. The molecule has 2 aromatic heterocycles. The van der Waals surface area contributed by atoms with E-state index in [1.807, 2.05) is 12.3 Å². The summed E-state index contributed by atoms with van der Waals surface area (Å²) in [6, 6.07) is 12.8. The second-order valence-corrected chi connectivity index (χ2v) is 7.07. The Morgan fingerprint density at radius 3 is 2.88 bits per heavy atom. The Morgan fingerprint density at radius 1 is 1.28 bits per heavy atom. The molecule has 5 nitrogen and oxygen atoms in total. The summed E-state index contributed by atoms with van der Waals surface area (Å²) in [5.74, 6) is 1.39. The Bertz CT molecular complexity index is 821. The van der Waals surface area contributed by atoms with Gasteiger partial charge < -0.3 is 4.52 Å². The van der Waals surface area contributed by atoms with Crippen LogP contribution in [0.25, 0.3) is 11.3 Å². The maximum absolute atomic E-state index is 5.66. The van der Waals surface area contributed by atoms with Crippen LogP contribution in [0.15, 0.2) is 47.1 Å². The highest BCUT2D eigenvalue weighted by atomic mass is 16.5. The molecule has 1 saturated heterocycles. The predicted molar refractivity (Wildman–Crippen MR) is 97.0 cm³/mol. The largest absolute Gasteiger partial charge is 0.359 e. The average molecular weight is 336 g/mol. The van der Waals surface area contributed by atoms with Crippen molar-refractivity contribution in [2.45, 2.75) is 45.2 Å². The first-order chi connectivity index (χ1) is 12.2. The molecule has 1 aliphatic rings. The first-order valence-corrected chi connectivity index (χ1v) is 9.00. The minimum absolute atomic E-state index is 0.304. The lowest BCUT2D eigenvalue weighted by atomic mass is 10.1. The fraction of sp³-hybridized carbons (Fsp3) is 0.400. The summed E-state index contributed by atoms with van der Waals surface area (Å²) in [4.78, 5) is 2.47. The molecule has 3 heterocycles. The zero-order valence-corrected chi connectivity index (χ0v) is 14.8.